The predicted octanol–water partition coefficient (Wildman–Crippen LogP) is 2.34. The van der Waals surface area contributed by atoms with Gasteiger partial charge in [-0.25, -0.2) is 0 Å². The van der Waals surface area contributed by atoms with E-state index in [2.05, 4.69) is 5.32 Å². The lowest BCUT2D eigenvalue weighted by Crippen LogP contribution is -2.46. The zero-order valence-corrected chi connectivity index (χ0v) is 14.1. The van der Waals surface area contributed by atoms with Crippen molar-refractivity contribution < 1.29 is 9.90 Å². The summed E-state index contributed by atoms with van der Waals surface area (Å²) in [7, 11) is 0. The molecule has 2 atom stereocenters. The van der Waals surface area contributed by atoms with Gasteiger partial charge in [0, 0.05) is 24.9 Å². The highest BCUT2D eigenvalue weighted by Crippen LogP contribution is 2.43. The first kappa shape index (κ1) is 16.5. The zero-order chi connectivity index (χ0) is 17.5. The molecular weight excluding hydrogens is 304 g/mol. The van der Waals surface area contributed by atoms with Gasteiger partial charge in [0.15, 0.2) is 0 Å². The number of aliphatic hydroxyl groups excluding tert-OH is 1. The van der Waals surface area contributed by atoms with Crippen LogP contribution in [0, 0.1) is 5.41 Å². The number of hydrogen-bond donors (Lipinski definition) is 2. The largest absolute Gasteiger partial charge is 0.390 e. The predicted molar refractivity (Wildman–Crippen MR) is 93.1 cm³/mol. The summed E-state index contributed by atoms with van der Waals surface area (Å²) >= 11 is 0. The second-order valence-corrected chi connectivity index (χ2v) is 7.10. The minimum absolute atomic E-state index is 0.153. The topological polar surface area (TPSA) is 71.3 Å². The van der Waals surface area contributed by atoms with E-state index in [1.54, 1.807) is 22.9 Å². The number of amides is 1. The SMILES string of the molecule is CC(=O)Nc1ccc2c(c1)C(n1ccccc1=O)C(O)C(C)(C)C2. The molecule has 1 aliphatic rings. The van der Waals surface area contributed by atoms with Crippen LogP contribution in [0.25, 0.3) is 0 Å². The standard InChI is InChI=1S/C19H22N2O3/c1-12(22)20-14-8-7-13-11-19(2,3)18(24)17(15(13)10-14)21-9-5-4-6-16(21)23/h4-10,17-18,24H,11H2,1-3H3,(H,20,22). The van der Waals surface area contributed by atoms with Gasteiger partial charge in [0.1, 0.15) is 0 Å². The number of nitrogens with one attached hydrogen (secondary N) is 1. The Bertz CT molecular complexity index is 839. The Balaban J connectivity index is 2.19. The number of benzene rings is 1. The van der Waals surface area contributed by atoms with Gasteiger partial charge in [0.05, 0.1) is 12.1 Å². The van der Waals surface area contributed by atoms with Gasteiger partial charge in [-0.05, 0) is 41.2 Å². The van der Waals surface area contributed by atoms with E-state index in [4.69, 9.17) is 0 Å². The average Bonchev–Trinajstić information content (AvgIpc) is 2.50. The van der Waals surface area contributed by atoms with E-state index in [0.29, 0.717) is 12.1 Å². The summed E-state index contributed by atoms with van der Waals surface area (Å²) in [4.78, 5) is 23.7. The number of aliphatic hydroxyl groups is 1. The first-order chi connectivity index (χ1) is 11.3. The fourth-order valence-corrected chi connectivity index (χ4v) is 3.48. The molecule has 2 aromatic rings. The van der Waals surface area contributed by atoms with E-state index in [9.17, 15) is 14.7 Å². The van der Waals surface area contributed by atoms with Crippen LogP contribution in [0.4, 0.5) is 5.69 Å². The monoisotopic (exact) mass is 326 g/mol. The van der Waals surface area contributed by atoms with E-state index in [1.165, 1.54) is 13.0 Å². The molecule has 0 fully saturated rings. The molecule has 2 N–H and O–H groups in total. The van der Waals surface area contributed by atoms with Crippen molar-refractivity contribution in [2.24, 2.45) is 5.41 Å². The molecule has 3 rings (SSSR count). The quantitative estimate of drug-likeness (QED) is 0.890. The number of nitrogens with zero attached hydrogens (tertiary/aromatic N) is 1. The number of fused-ring (bicyclic) bond motifs is 1. The van der Waals surface area contributed by atoms with Gasteiger partial charge < -0.3 is 15.0 Å². The summed E-state index contributed by atoms with van der Waals surface area (Å²) < 4.78 is 1.57. The molecule has 0 radical (unpaired) electrons. The molecule has 5 nitrogen and oxygen atoms in total. The van der Waals surface area contributed by atoms with Gasteiger partial charge in [-0.1, -0.05) is 26.0 Å². The molecule has 0 saturated heterocycles. The van der Waals surface area contributed by atoms with E-state index < -0.39 is 12.1 Å². The Morgan fingerprint density at radius 3 is 2.71 bits per heavy atom. The van der Waals surface area contributed by atoms with Gasteiger partial charge in [0.2, 0.25) is 5.91 Å². The fourth-order valence-electron chi connectivity index (χ4n) is 3.48. The Kier molecular flexibility index (Phi) is 4.05. The minimum atomic E-state index is -0.710. The lowest BCUT2D eigenvalue weighted by Gasteiger charge is -2.42. The number of aromatic nitrogens is 1. The number of hydrogen-bond acceptors (Lipinski definition) is 3. The summed E-state index contributed by atoms with van der Waals surface area (Å²) in [6.07, 6.45) is 1.70. The summed E-state index contributed by atoms with van der Waals surface area (Å²) in [5.41, 5.74) is 2.11. The highest BCUT2D eigenvalue weighted by atomic mass is 16.3. The first-order valence-corrected chi connectivity index (χ1v) is 8.05. The van der Waals surface area contributed by atoms with Crippen LogP contribution in [0.1, 0.15) is 37.9 Å². The second-order valence-electron chi connectivity index (χ2n) is 7.10. The number of pyridine rings is 1. The maximum absolute atomic E-state index is 12.3. The van der Waals surface area contributed by atoms with Crippen molar-refractivity contribution in [1.29, 1.82) is 0 Å². The van der Waals surface area contributed by atoms with Gasteiger partial charge in [-0.3, -0.25) is 9.59 Å². The molecule has 1 aliphatic carbocycles. The van der Waals surface area contributed by atoms with Crippen molar-refractivity contribution in [3.8, 4) is 0 Å². The number of carbonyl (C=O) groups is 1. The van der Waals surface area contributed by atoms with E-state index in [0.717, 1.165) is 11.1 Å². The molecule has 2 unspecified atom stereocenters. The molecule has 0 bridgehead atoms. The molecule has 126 valence electrons. The van der Waals surface area contributed by atoms with Gasteiger partial charge in [0.25, 0.3) is 5.56 Å². The van der Waals surface area contributed by atoms with E-state index >= 15 is 0 Å². The van der Waals surface area contributed by atoms with Crippen molar-refractivity contribution in [3.63, 3.8) is 0 Å². The van der Waals surface area contributed by atoms with Crippen molar-refractivity contribution in [1.82, 2.24) is 4.57 Å². The van der Waals surface area contributed by atoms with Crippen LogP contribution >= 0.6 is 0 Å². The molecule has 0 aliphatic heterocycles. The smallest absolute Gasteiger partial charge is 0.251 e. The Morgan fingerprint density at radius 1 is 1.29 bits per heavy atom. The first-order valence-electron chi connectivity index (χ1n) is 8.05. The van der Waals surface area contributed by atoms with Crippen molar-refractivity contribution >= 4 is 11.6 Å². The van der Waals surface area contributed by atoms with Crippen LogP contribution in [-0.2, 0) is 11.2 Å². The lowest BCUT2D eigenvalue weighted by atomic mass is 9.69. The van der Waals surface area contributed by atoms with Crippen LogP contribution in [0.2, 0.25) is 0 Å². The normalized spacial score (nSPS) is 21.8. The maximum atomic E-state index is 12.3. The third kappa shape index (κ3) is 2.87. The molecule has 1 amide bonds. The summed E-state index contributed by atoms with van der Waals surface area (Å²) in [6, 6.07) is 10.2. The van der Waals surface area contributed by atoms with Gasteiger partial charge in [-0.2, -0.15) is 0 Å². The molecule has 1 heterocycles. The van der Waals surface area contributed by atoms with Crippen LogP contribution in [0.5, 0.6) is 0 Å². The van der Waals surface area contributed by atoms with Crippen LogP contribution in [-0.4, -0.2) is 21.7 Å². The number of carbonyl (C=O) groups excluding carboxylic acids is 1. The van der Waals surface area contributed by atoms with Gasteiger partial charge >= 0.3 is 0 Å². The van der Waals surface area contributed by atoms with Gasteiger partial charge in [-0.15, -0.1) is 0 Å². The third-order valence-corrected chi connectivity index (χ3v) is 4.68. The molecular formula is C19H22N2O3. The van der Waals surface area contributed by atoms with Crippen molar-refractivity contribution in [2.45, 2.75) is 39.3 Å². The Hall–Kier alpha value is -2.40. The van der Waals surface area contributed by atoms with E-state index in [-0.39, 0.29) is 16.9 Å². The second kappa shape index (κ2) is 5.91. The lowest BCUT2D eigenvalue weighted by molar-refractivity contribution is -0.114. The molecule has 1 aromatic heterocycles. The van der Waals surface area contributed by atoms with Crippen LogP contribution < -0.4 is 10.9 Å². The van der Waals surface area contributed by atoms with E-state index in [1.807, 2.05) is 32.0 Å². The molecule has 1 aromatic carbocycles. The zero-order valence-electron chi connectivity index (χ0n) is 14.1. The number of anilines is 1. The molecule has 24 heavy (non-hydrogen) atoms. The Morgan fingerprint density at radius 2 is 2.04 bits per heavy atom. The van der Waals surface area contributed by atoms with Crippen molar-refractivity contribution in [3.05, 3.63) is 64.1 Å². The third-order valence-electron chi connectivity index (χ3n) is 4.68. The number of rotatable bonds is 2. The highest BCUT2D eigenvalue weighted by Gasteiger charge is 2.42. The molecule has 0 spiro atoms. The summed E-state index contributed by atoms with van der Waals surface area (Å²) in [5.74, 6) is -0.153. The maximum Gasteiger partial charge on any atom is 0.251 e. The van der Waals surface area contributed by atoms with Crippen LogP contribution in [0.15, 0.2) is 47.4 Å². The fraction of sp³-hybridized carbons (Fsp3) is 0.368. The highest BCUT2D eigenvalue weighted by molar-refractivity contribution is 5.88. The summed E-state index contributed by atoms with van der Waals surface area (Å²) in [6.45, 7) is 5.46. The molecule has 5 heteroatoms. The van der Waals surface area contributed by atoms with Crippen molar-refractivity contribution in [2.75, 3.05) is 5.32 Å². The molecule has 0 saturated carbocycles. The summed E-state index contributed by atoms with van der Waals surface area (Å²) in [5, 5.41) is 13.7. The Labute approximate surface area is 140 Å². The minimum Gasteiger partial charge on any atom is -0.390 e. The average molecular weight is 326 g/mol. The van der Waals surface area contributed by atoms with Crippen LogP contribution in [0.3, 0.4) is 0 Å².